The molecule has 0 heterocycles. The van der Waals surface area contributed by atoms with Gasteiger partial charge in [0.15, 0.2) is 5.84 Å². The van der Waals surface area contributed by atoms with Gasteiger partial charge in [-0.3, -0.25) is 0 Å². The highest BCUT2D eigenvalue weighted by molar-refractivity contribution is 9.10. The van der Waals surface area contributed by atoms with Gasteiger partial charge in [0.25, 0.3) is 0 Å². The Bertz CT molecular complexity index is 692. The van der Waals surface area contributed by atoms with Crippen molar-refractivity contribution < 1.29 is 14.0 Å². The number of amidine groups is 1. The quantitative estimate of drug-likeness (QED) is 0.340. The van der Waals surface area contributed by atoms with Crippen molar-refractivity contribution in [2.24, 2.45) is 10.9 Å². The topological polar surface area (TPSA) is 70.6 Å². The first-order valence-corrected chi connectivity index (χ1v) is 6.75. The number of benzene rings is 2. The molecule has 0 atom stereocenters. The molecule has 0 saturated carbocycles. The van der Waals surface area contributed by atoms with E-state index in [1.165, 1.54) is 12.1 Å². The highest BCUT2D eigenvalue weighted by Crippen LogP contribution is 2.21. The Morgan fingerprint density at radius 1 is 1.24 bits per heavy atom. The average molecular weight is 356 g/mol. The predicted octanol–water partition coefficient (Wildman–Crippen LogP) is 3.43. The van der Waals surface area contributed by atoms with Crippen LogP contribution in [0.4, 0.5) is 14.5 Å². The summed E-state index contributed by atoms with van der Waals surface area (Å²) in [6, 6.07) is 8.48. The lowest BCUT2D eigenvalue weighted by Gasteiger charge is -2.09. The van der Waals surface area contributed by atoms with Gasteiger partial charge in [0, 0.05) is 16.6 Å². The molecule has 2 rings (SSSR count). The zero-order valence-electron chi connectivity index (χ0n) is 10.8. The number of nitrogens with one attached hydrogen (secondary N) is 1. The first kappa shape index (κ1) is 15.2. The Labute approximate surface area is 128 Å². The van der Waals surface area contributed by atoms with E-state index in [0.717, 1.165) is 10.5 Å². The molecule has 0 saturated heterocycles. The molecular formula is C14H12BrF2N3O. The van der Waals surface area contributed by atoms with Crippen molar-refractivity contribution in [2.45, 2.75) is 6.54 Å². The largest absolute Gasteiger partial charge is 0.409 e. The number of nitrogens with zero attached hydrogens (tertiary/aromatic N) is 1. The van der Waals surface area contributed by atoms with E-state index in [2.05, 4.69) is 26.4 Å². The molecule has 0 aliphatic rings. The fourth-order valence-corrected chi connectivity index (χ4v) is 2.15. The molecule has 0 aliphatic carbocycles. The monoisotopic (exact) mass is 355 g/mol. The lowest BCUT2D eigenvalue weighted by molar-refractivity contribution is 0.318. The third-order valence-corrected chi connectivity index (χ3v) is 3.27. The van der Waals surface area contributed by atoms with Gasteiger partial charge in [-0.1, -0.05) is 21.1 Å². The number of anilines is 1. The van der Waals surface area contributed by atoms with Crippen LogP contribution in [0, 0.1) is 11.6 Å². The Morgan fingerprint density at radius 2 is 2.00 bits per heavy atom. The average Bonchev–Trinajstić information content (AvgIpc) is 2.46. The number of oxime groups is 1. The summed E-state index contributed by atoms with van der Waals surface area (Å²) in [5.41, 5.74) is 6.51. The third-order valence-electron chi connectivity index (χ3n) is 2.77. The summed E-state index contributed by atoms with van der Waals surface area (Å²) in [7, 11) is 0. The van der Waals surface area contributed by atoms with E-state index >= 15 is 0 Å². The van der Waals surface area contributed by atoms with Gasteiger partial charge in [0.1, 0.15) is 11.6 Å². The Hall–Kier alpha value is -2.15. The molecule has 2 aromatic rings. The van der Waals surface area contributed by atoms with Crippen molar-refractivity contribution in [2.75, 3.05) is 5.32 Å². The molecule has 21 heavy (non-hydrogen) atoms. The van der Waals surface area contributed by atoms with Crippen LogP contribution >= 0.6 is 15.9 Å². The molecule has 0 fully saturated rings. The molecule has 2 aromatic carbocycles. The van der Waals surface area contributed by atoms with E-state index in [9.17, 15) is 8.78 Å². The van der Waals surface area contributed by atoms with Gasteiger partial charge in [0.05, 0.1) is 5.69 Å². The maximum Gasteiger partial charge on any atom is 0.170 e. The SMILES string of the molecule is N/C(=N/O)c1cc(F)cc(CNc2cc(Br)ccc2F)c1. The summed E-state index contributed by atoms with van der Waals surface area (Å²) in [6.07, 6.45) is 0. The van der Waals surface area contributed by atoms with Gasteiger partial charge in [-0.25, -0.2) is 8.78 Å². The smallest absolute Gasteiger partial charge is 0.170 e. The van der Waals surface area contributed by atoms with Crippen LogP contribution < -0.4 is 11.1 Å². The van der Waals surface area contributed by atoms with Crippen LogP contribution in [-0.4, -0.2) is 11.0 Å². The molecule has 7 heteroatoms. The zero-order chi connectivity index (χ0) is 15.4. The van der Waals surface area contributed by atoms with Crippen LogP contribution in [0.2, 0.25) is 0 Å². The van der Waals surface area contributed by atoms with Crippen molar-refractivity contribution in [3.05, 3.63) is 63.6 Å². The minimum absolute atomic E-state index is 0.190. The number of nitrogens with two attached hydrogens (primary N) is 1. The lowest BCUT2D eigenvalue weighted by atomic mass is 10.1. The molecule has 0 amide bonds. The minimum Gasteiger partial charge on any atom is -0.409 e. The van der Waals surface area contributed by atoms with Gasteiger partial charge >= 0.3 is 0 Å². The van der Waals surface area contributed by atoms with E-state index in [0.29, 0.717) is 11.3 Å². The zero-order valence-corrected chi connectivity index (χ0v) is 12.4. The van der Waals surface area contributed by atoms with Gasteiger partial charge in [-0.2, -0.15) is 0 Å². The van der Waals surface area contributed by atoms with Crippen LogP contribution in [-0.2, 0) is 6.54 Å². The number of hydrogen-bond acceptors (Lipinski definition) is 3. The van der Waals surface area contributed by atoms with Crippen molar-refractivity contribution in [1.29, 1.82) is 0 Å². The van der Waals surface area contributed by atoms with Crippen LogP contribution in [0.15, 0.2) is 46.0 Å². The van der Waals surface area contributed by atoms with Crippen molar-refractivity contribution in [1.82, 2.24) is 0 Å². The van der Waals surface area contributed by atoms with Crippen LogP contribution in [0.1, 0.15) is 11.1 Å². The molecule has 0 radical (unpaired) electrons. The maximum atomic E-state index is 13.6. The molecule has 4 nitrogen and oxygen atoms in total. The molecule has 110 valence electrons. The van der Waals surface area contributed by atoms with Gasteiger partial charge < -0.3 is 16.3 Å². The molecule has 0 aromatic heterocycles. The number of halogens is 3. The van der Waals surface area contributed by atoms with Crippen molar-refractivity contribution in [3.8, 4) is 0 Å². The molecule has 0 bridgehead atoms. The molecule has 4 N–H and O–H groups in total. The first-order chi connectivity index (χ1) is 9.99. The van der Waals surface area contributed by atoms with Gasteiger partial charge in [-0.15, -0.1) is 0 Å². The normalized spacial score (nSPS) is 11.5. The summed E-state index contributed by atoms with van der Waals surface area (Å²) in [6.45, 7) is 0.191. The number of rotatable bonds is 4. The molecule has 0 spiro atoms. The Kier molecular flexibility index (Phi) is 4.74. The highest BCUT2D eigenvalue weighted by atomic mass is 79.9. The van der Waals surface area contributed by atoms with E-state index < -0.39 is 11.6 Å². The second-order valence-electron chi connectivity index (χ2n) is 4.31. The minimum atomic E-state index is -0.523. The maximum absolute atomic E-state index is 13.6. The first-order valence-electron chi connectivity index (χ1n) is 5.96. The van der Waals surface area contributed by atoms with Crippen molar-refractivity contribution in [3.63, 3.8) is 0 Å². The fraction of sp³-hybridized carbons (Fsp3) is 0.0714. The van der Waals surface area contributed by atoms with E-state index in [-0.39, 0.29) is 17.9 Å². The van der Waals surface area contributed by atoms with Crippen LogP contribution in [0.3, 0.4) is 0 Å². The van der Waals surface area contributed by atoms with Gasteiger partial charge in [-0.05, 0) is 42.0 Å². The summed E-state index contributed by atoms with van der Waals surface area (Å²) < 4.78 is 27.8. The fourth-order valence-electron chi connectivity index (χ4n) is 1.79. The van der Waals surface area contributed by atoms with Crippen LogP contribution in [0.25, 0.3) is 0 Å². The third kappa shape index (κ3) is 3.91. The summed E-state index contributed by atoms with van der Waals surface area (Å²) >= 11 is 3.25. The van der Waals surface area contributed by atoms with Crippen LogP contribution in [0.5, 0.6) is 0 Å². The Morgan fingerprint density at radius 3 is 2.71 bits per heavy atom. The van der Waals surface area contributed by atoms with Gasteiger partial charge in [0.2, 0.25) is 0 Å². The predicted molar refractivity (Wildman–Crippen MR) is 80.3 cm³/mol. The second kappa shape index (κ2) is 6.53. The standard InChI is InChI=1S/C14H12BrF2N3O/c15-10-1-2-12(17)13(6-10)19-7-8-3-9(14(18)20-21)5-11(16)4-8/h1-6,19,21H,7H2,(H2,18,20). The lowest BCUT2D eigenvalue weighted by Crippen LogP contribution is -2.14. The molecular weight excluding hydrogens is 344 g/mol. The van der Waals surface area contributed by atoms with E-state index in [1.807, 2.05) is 0 Å². The Balaban J connectivity index is 2.20. The highest BCUT2D eigenvalue weighted by Gasteiger charge is 2.07. The molecule has 0 aliphatic heterocycles. The van der Waals surface area contributed by atoms with E-state index in [1.54, 1.807) is 18.2 Å². The second-order valence-corrected chi connectivity index (χ2v) is 5.23. The summed E-state index contributed by atoms with van der Waals surface area (Å²) in [5, 5.41) is 14.3. The van der Waals surface area contributed by atoms with E-state index in [4.69, 9.17) is 10.9 Å². The summed E-state index contributed by atoms with van der Waals surface area (Å²) in [4.78, 5) is 0. The number of hydrogen-bond donors (Lipinski definition) is 3. The molecule has 0 unspecified atom stereocenters. The summed E-state index contributed by atoms with van der Waals surface area (Å²) in [5.74, 6) is -1.12. The van der Waals surface area contributed by atoms with Crippen molar-refractivity contribution >= 4 is 27.5 Å².